The highest BCUT2D eigenvalue weighted by molar-refractivity contribution is 7.88. The lowest BCUT2D eigenvalue weighted by molar-refractivity contribution is 0.314. The molecule has 3 rings (SSSR count). The molecule has 1 saturated heterocycles. The van der Waals surface area contributed by atoms with E-state index in [1.54, 1.807) is 18.6 Å². The van der Waals surface area contributed by atoms with Gasteiger partial charge < -0.3 is 5.32 Å². The quantitative estimate of drug-likeness (QED) is 0.917. The zero-order valence-electron chi connectivity index (χ0n) is 12.9. The summed E-state index contributed by atoms with van der Waals surface area (Å²) in [7, 11) is -3.17. The van der Waals surface area contributed by atoms with E-state index in [1.165, 1.54) is 10.6 Å². The second-order valence-corrected chi connectivity index (χ2v) is 7.61. The molecule has 0 spiro atoms. The van der Waals surface area contributed by atoms with Gasteiger partial charge in [-0.2, -0.15) is 0 Å². The molecule has 122 valence electrons. The fourth-order valence-corrected chi connectivity index (χ4v) is 3.60. The summed E-state index contributed by atoms with van der Waals surface area (Å²) in [5, 5.41) is 3.11. The molecule has 1 fully saturated rings. The molecule has 2 aromatic rings. The number of hydrogen-bond donors (Lipinski definition) is 1. The number of piperidine rings is 1. The predicted octanol–water partition coefficient (Wildman–Crippen LogP) is 1.75. The average molecular weight is 333 g/mol. The highest BCUT2D eigenvalue weighted by Gasteiger charge is 2.27. The summed E-state index contributed by atoms with van der Waals surface area (Å²) in [6.07, 6.45) is 8.03. The predicted molar refractivity (Wildman–Crippen MR) is 87.9 cm³/mol. The van der Waals surface area contributed by atoms with Crippen molar-refractivity contribution in [2.24, 2.45) is 0 Å². The van der Waals surface area contributed by atoms with Crippen LogP contribution in [0.2, 0.25) is 0 Å². The number of nitrogens with one attached hydrogen (secondary N) is 1. The van der Waals surface area contributed by atoms with E-state index in [0.717, 1.165) is 18.5 Å². The van der Waals surface area contributed by atoms with Gasteiger partial charge in [0.05, 0.1) is 18.1 Å². The Hall–Kier alpha value is -2.06. The van der Waals surface area contributed by atoms with Gasteiger partial charge in [0.25, 0.3) is 0 Å². The zero-order chi connectivity index (χ0) is 16.3. The highest BCUT2D eigenvalue weighted by atomic mass is 32.2. The molecule has 0 saturated carbocycles. The second-order valence-electron chi connectivity index (χ2n) is 5.63. The Kier molecular flexibility index (Phi) is 4.53. The molecule has 7 nitrogen and oxygen atoms in total. The highest BCUT2D eigenvalue weighted by Crippen LogP contribution is 2.27. The van der Waals surface area contributed by atoms with Crippen molar-refractivity contribution >= 4 is 21.7 Å². The number of rotatable bonds is 4. The van der Waals surface area contributed by atoms with Crippen molar-refractivity contribution in [2.45, 2.75) is 18.8 Å². The first-order chi connectivity index (χ1) is 11.0. The Labute approximate surface area is 135 Å². The smallest absolute Gasteiger partial charge is 0.211 e. The minimum atomic E-state index is -3.17. The van der Waals surface area contributed by atoms with Crippen LogP contribution in [0.1, 0.15) is 24.5 Å². The lowest BCUT2D eigenvalue weighted by atomic mass is 9.96. The molecule has 1 unspecified atom stereocenters. The number of pyridine rings is 1. The molecule has 1 aliphatic heterocycles. The fraction of sp³-hybridized carbons (Fsp3) is 0.400. The SMILES string of the molecule is CS(=O)(=O)N1CCCC(c2cncc(Nc3ccccn3)n2)C1. The Morgan fingerprint density at radius 1 is 1.26 bits per heavy atom. The van der Waals surface area contributed by atoms with E-state index in [9.17, 15) is 8.42 Å². The molecule has 3 heterocycles. The average Bonchev–Trinajstić information content (AvgIpc) is 2.55. The third-order valence-electron chi connectivity index (χ3n) is 3.85. The first-order valence-corrected chi connectivity index (χ1v) is 9.32. The van der Waals surface area contributed by atoms with Gasteiger partial charge in [-0.05, 0) is 25.0 Å². The van der Waals surface area contributed by atoms with Crippen LogP contribution < -0.4 is 5.32 Å². The topological polar surface area (TPSA) is 88.1 Å². The first-order valence-electron chi connectivity index (χ1n) is 7.47. The molecule has 2 aromatic heterocycles. The second kappa shape index (κ2) is 6.59. The van der Waals surface area contributed by atoms with Crippen molar-refractivity contribution in [3.8, 4) is 0 Å². The van der Waals surface area contributed by atoms with Crippen LogP contribution >= 0.6 is 0 Å². The fourth-order valence-electron chi connectivity index (χ4n) is 2.69. The maximum absolute atomic E-state index is 11.7. The molecular weight excluding hydrogens is 314 g/mol. The van der Waals surface area contributed by atoms with Crippen LogP contribution in [0.25, 0.3) is 0 Å². The van der Waals surface area contributed by atoms with Gasteiger partial charge in [0.2, 0.25) is 10.0 Å². The van der Waals surface area contributed by atoms with Crippen LogP contribution in [-0.2, 0) is 10.0 Å². The van der Waals surface area contributed by atoms with E-state index in [0.29, 0.717) is 24.7 Å². The molecule has 0 radical (unpaired) electrons. The van der Waals surface area contributed by atoms with Gasteiger partial charge in [0.15, 0.2) is 0 Å². The van der Waals surface area contributed by atoms with E-state index >= 15 is 0 Å². The minimum Gasteiger partial charge on any atom is -0.324 e. The summed E-state index contributed by atoms with van der Waals surface area (Å²) in [6, 6.07) is 5.58. The lowest BCUT2D eigenvalue weighted by Gasteiger charge is -2.30. The van der Waals surface area contributed by atoms with Crippen molar-refractivity contribution in [1.29, 1.82) is 0 Å². The monoisotopic (exact) mass is 333 g/mol. The van der Waals surface area contributed by atoms with E-state index in [1.807, 2.05) is 18.2 Å². The molecule has 0 aliphatic carbocycles. The van der Waals surface area contributed by atoms with E-state index < -0.39 is 10.0 Å². The Morgan fingerprint density at radius 3 is 2.87 bits per heavy atom. The summed E-state index contributed by atoms with van der Waals surface area (Å²) in [5.41, 5.74) is 0.805. The summed E-state index contributed by atoms with van der Waals surface area (Å²) in [6.45, 7) is 1.04. The minimum absolute atomic E-state index is 0.0662. The van der Waals surface area contributed by atoms with Crippen molar-refractivity contribution in [2.75, 3.05) is 24.7 Å². The molecule has 0 aromatic carbocycles. The molecule has 1 N–H and O–H groups in total. The molecule has 8 heteroatoms. The number of hydrogen-bond acceptors (Lipinski definition) is 6. The van der Waals surface area contributed by atoms with Crippen molar-refractivity contribution in [3.05, 3.63) is 42.5 Å². The van der Waals surface area contributed by atoms with Crippen LogP contribution in [0.5, 0.6) is 0 Å². The number of anilines is 2. The van der Waals surface area contributed by atoms with Crippen molar-refractivity contribution in [1.82, 2.24) is 19.3 Å². The molecule has 1 atom stereocenters. The summed E-state index contributed by atoms with van der Waals surface area (Å²) in [5.74, 6) is 1.37. The van der Waals surface area contributed by atoms with Gasteiger partial charge in [-0.3, -0.25) is 4.98 Å². The van der Waals surface area contributed by atoms with Crippen LogP contribution in [0.15, 0.2) is 36.8 Å². The van der Waals surface area contributed by atoms with Crippen LogP contribution in [0.4, 0.5) is 11.6 Å². The van der Waals surface area contributed by atoms with Crippen LogP contribution in [0.3, 0.4) is 0 Å². The number of sulfonamides is 1. The molecule has 23 heavy (non-hydrogen) atoms. The molecular formula is C15H19N5O2S. The molecule has 1 aliphatic rings. The van der Waals surface area contributed by atoms with Crippen LogP contribution in [0, 0.1) is 0 Å². The van der Waals surface area contributed by atoms with Gasteiger partial charge >= 0.3 is 0 Å². The van der Waals surface area contributed by atoms with Crippen LogP contribution in [-0.4, -0.2) is 47.0 Å². The van der Waals surface area contributed by atoms with Gasteiger partial charge in [-0.1, -0.05) is 6.07 Å². The van der Waals surface area contributed by atoms with Gasteiger partial charge in [0, 0.05) is 31.4 Å². The Balaban J connectivity index is 1.77. The van der Waals surface area contributed by atoms with E-state index in [4.69, 9.17) is 0 Å². The van der Waals surface area contributed by atoms with E-state index in [2.05, 4.69) is 20.3 Å². The largest absolute Gasteiger partial charge is 0.324 e. The summed E-state index contributed by atoms with van der Waals surface area (Å²) >= 11 is 0. The van der Waals surface area contributed by atoms with Gasteiger partial charge in [0.1, 0.15) is 11.6 Å². The van der Waals surface area contributed by atoms with E-state index in [-0.39, 0.29) is 5.92 Å². The molecule has 0 amide bonds. The Morgan fingerprint density at radius 2 is 2.13 bits per heavy atom. The maximum Gasteiger partial charge on any atom is 0.211 e. The summed E-state index contributed by atoms with van der Waals surface area (Å²) < 4.78 is 25.0. The Bertz CT molecular complexity index is 766. The number of aromatic nitrogens is 3. The number of nitrogens with zero attached hydrogens (tertiary/aromatic N) is 4. The third kappa shape index (κ3) is 4.02. The first kappa shape index (κ1) is 15.8. The molecule has 0 bridgehead atoms. The standard InChI is InChI=1S/C15H19N5O2S/c1-23(21,22)20-8-4-5-12(11-20)13-9-16-10-15(18-13)19-14-6-2-3-7-17-14/h2-3,6-7,9-10,12H,4-5,8,11H2,1H3,(H,17,18,19). The lowest BCUT2D eigenvalue weighted by Crippen LogP contribution is -2.38. The van der Waals surface area contributed by atoms with Gasteiger partial charge in [-0.25, -0.2) is 22.7 Å². The normalized spacial score (nSPS) is 19.4. The third-order valence-corrected chi connectivity index (χ3v) is 5.12. The van der Waals surface area contributed by atoms with Gasteiger partial charge in [-0.15, -0.1) is 0 Å². The zero-order valence-corrected chi connectivity index (χ0v) is 13.7. The van der Waals surface area contributed by atoms with Crippen molar-refractivity contribution in [3.63, 3.8) is 0 Å². The summed E-state index contributed by atoms with van der Waals surface area (Å²) in [4.78, 5) is 13.0. The van der Waals surface area contributed by atoms with Crippen molar-refractivity contribution < 1.29 is 8.42 Å². The maximum atomic E-state index is 11.7.